The lowest BCUT2D eigenvalue weighted by molar-refractivity contribution is -0.121. The molecule has 39 heavy (non-hydrogen) atoms. The second-order valence-corrected chi connectivity index (χ2v) is 11.2. The van der Waals surface area contributed by atoms with Crippen molar-refractivity contribution in [3.8, 4) is 5.75 Å². The summed E-state index contributed by atoms with van der Waals surface area (Å²) in [6.07, 6.45) is 1.46. The Morgan fingerprint density at radius 2 is 1.62 bits per heavy atom. The zero-order valence-corrected chi connectivity index (χ0v) is 23.0. The summed E-state index contributed by atoms with van der Waals surface area (Å²) in [6, 6.07) is 29.6. The van der Waals surface area contributed by atoms with Gasteiger partial charge < -0.3 is 4.74 Å². The van der Waals surface area contributed by atoms with Gasteiger partial charge in [0.25, 0.3) is 5.91 Å². The molecule has 0 radical (unpaired) electrons. The van der Waals surface area contributed by atoms with Crippen molar-refractivity contribution >= 4 is 45.3 Å². The summed E-state index contributed by atoms with van der Waals surface area (Å²) in [5, 5.41) is 4.79. The Morgan fingerprint density at radius 3 is 2.36 bits per heavy atom. The van der Waals surface area contributed by atoms with Gasteiger partial charge in [0.1, 0.15) is 12.4 Å². The number of carbonyl (C=O) groups is 1. The molecule has 4 aromatic carbocycles. The summed E-state index contributed by atoms with van der Waals surface area (Å²) in [4.78, 5) is 12.8. The smallest absolute Gasteiger partial charge is 0.255 e. The molecule has 0 aliphatic heterocycles. The summed E-state index contributed by atoms with van der Waals surface area (Å²) in [7, 11) is -4.05. The standard InChI is InChI=1S/C29H25Cl2N3O4S/c30-25-13-15-27(16-14-25)39(36,37)34(19-24-10-4-5-12-28(24)31)20-29(35)33-32-18-23-9-6-11-26(17-23)38-21-22-7-2-1-3-8-22/h1-18H,19-21H2,(H,33,35)/b32-18-. The topological polar surface area (TPSA) is 88.1 Å². The minimum Gasteiger partial charge on any atom is -0.489 e. The van der Waals surface area contributed by atoms with E-state index in [1.54, 1.807) is 36.4 Å². The van der Waals surface area contributed by atoms with Gasteiger partial charge in [-0.3, -0.25) is 4.79 Å². The van der Waals surface area contributed by atoms with Crippen LogP contribution in [-0.2, 0) is 28.0 Å². The molecular formula is C29H25Cl2N3O4S. The fourth-order valence-electron chi connectivity index (χ4n) is 3.60. The Hall–Kier alpha value is -3.69. The molecule has 0 spiro atoms. The molecule has 10 heteroatoms. The predicted molar refractivity (Wildman–Crippen MR) is 153 cm³/mol. The highest BCUT2D eigenvalue weighted by Crippen LogP contribution is 2.23. The number of ether oxygens (including phenoxy) is 1. The van der Waals surface area contributed by atoms with Gasteiger partial charge in [0.2, 0.25) is 10.0 Å². The highest BCUT2D eigenvalue weighted by atomic mass is 35.5. The Bertz CT molecular complexity index is 1550. The molecule has 0 aliphatic rings. The first-order valence-corrected chi connectivity index (χ1v) is 14.1. The van der Waals surface area contributed by atoms with E-state index in [0.29, 0.717) is 33.5 Å². The van der Waals surface area contributed by atoms with E-state index in [0.717, 1.165) is 9.87 Å². The number of amides is 1. The second-order valence-electron chi connectivity index (χ2n) is 8.46. The van der Waals surface area contributed by atoms with E-state index in [4.69, 9.17) is 27.9 Å². The maximum Gasteiger partial charge on any atom is 0.255 e. The number of nitrogens with zero attached hydrogens (tertiary/aromatic N) is 2. The van der Waals surface area contributed by atoms with Crippen LogP contribution in [0.25, 0.3) is 0 Å². The largest absolute Gasteiger partial charge is 0.489 e. The Morgan fingerprint density at radius 1 is 0.897 bits per heavy atom. The van der Waals surface area contributed by atoms with Gasteiger partial charge in [-0.15, -0.1) is 0 Å². The lowest BCUT2D eigenvalue weighted by Gasteiger charge is -2.22. The fourth-order valence-corrected chi connectivity index (χ4v) is 5.29. The summed E-state index contributed by atoms with van der Waals surface area (Å²) in [5.74, 6) is 0.0291. The highest BCUT2D eigenvalue weighted by molar-refractivity contribution is 7.89. The first-order valence-electron chi connectivity index (χ1n) is 11.9. The maximum atomic E-state index is 13.4. The molecule has 7 nitrogen and oxygen atoms in total. The molecule has 0 fully saturated rings. The molecule has 1 amide bonds. The van der Waals surface area contributed by atoms with Crippen LogP contribution in [0, 0.1) is 0 Å². The van der Waals surface area contributed by atoms with Gasteiger partial charge in [0, 0.05) is 16.6 Å². The van der Waals surface area contributed by atoms with Crippen LogP contribution in [0.4, 0.5) is 0 Å². The molecule has 0 unspecified atom stereocenters. The molecule has 4 rings (SSSR count). The number of rotatable bonds is 11. The summed E-state index contributed by atoms with van der Waals surface area (Å²) < 4.78 is 33.7. The number of hydrogen-bond donors (Lipinski definition) is 1. The monoisotopic (exact) mass is 581 g/mol. The Labute approximate surface area is 237 Å². The van der Waals surface area contributed by atoms with E-state index in [1.165, 1.54) is 30.5 Å². The van der Waals surface area contributed by atoms with Gasteiger partial charge in [0.05, 0.1) is 17.7 Å². The molecule has 0 aliphatic carbocycles. The molecule has 0 atom stereocenters. The second kappa shape index (κ2) is 13.4. The first kappa shape index (κ1) is 28.3. The lowest BCUT2D eigenvalue weighted by Crippen LogP contribution is -2.39. The van der Waals surface area contributed by atoms with E-state index in [1.807, 2.05) is 42.5 Å². The zero-order valence-electron chi connectivity index (χ0n) is 20.7. The van der Waals surface area contributed by atoms with E-state index < -0.39 is 22.5 Å². The predicted octanol–water partition coefficient (Wildman–Crippen LogP) is 5.91. The molecule has 4 aromatic rings. The van der Waals surface area contributed by atoms with Crippen LogP contribution >= 0.6 is 23.2 Å². The fraction of sp³-hybridized carbons (Fsp3) is 0.103. The van der Waals surface area contributed by atoms with Crippen LogP contribution in [0.15, 0.2) is 113 Å². The van der Waals surface area contributed by atoms with Crippen molar-refractivity contribution in [3.05, 3.63) is 130 Å². The normalized spacial score (nSPS) is 11.6. The quantitative estimate of drug-likeness (QED) is 0.176. The molecular weight excluding hydrogens is 557 g/mol. The number of sulfonamides is 1. The van der Waals surface area contributed by atoms with Gasteiger partial charge >= 0.3 is 0 Å². The SMILES string of the molecule is O=C(CN(Cc1ccccc1Cl)S(=O)(=O)c1ccc(Cl)cc1)N/N=C\c1cccc(OCc2ccccc2)c1. The van der Waals surface area contributed by atoms with Crippen molar-refractivity contribution in [2.24, 2.45) is 5.10 Å². The van der Waals surface area contributed by atoms with Crippen LogP contribution in [0.2, 0.25) is 10.0 Å². The van der Waals surface area contributed by atoms with Crippen LogP contribution in [-0.4, -0.2) is 31.4 Å². The van der Waals surface area contributed by atoms with E-state index in [9.17, 15) is 13.2 Å². The lowest BCUT2D eigenvalue weighted by atomic mass is 10.2. The molecule has 200 valence electrons. The average Bonchev–Trinajstić information content (AvgIpc) is 2.94. The van der Waals surface area contributed by atoms with Crippen molar-refractivity contribution in [2.45, 2.75) is 18.0 Å². The number of hydrogen-bond acceptors (Lipinski definition) is 5. The minimum absolute atomic E-state index is 0.00238. The number of nitrogens with one attached hydrogen (secondary N) is 1. The van der Waals surface area contributed by atoms with Crippen LogP contribution in [0.5, 0.6) is 5.75 Å². The van der Waals surface area contributed by atoms with Crippen molar-refractivity contribution in [1.29, 1.82) is 0 Å². The molecule has 0 aromatic heterocycles. The summed E-state index contributed by atoms with van der Waals surface area (Å²) in [5.41, 5.74) is 4.69. The van der Waals surface area contributed by atoms with Crippen molar-refractivity contribution < 1.29 is 17.9 Å². The Balaban J connectivity index is 1.43. The molecule has 0 heterocycles. The zero-order chi connectivity index (χ0) is 27.7. The number of benzene rings is 4. The van der Waals surface area contributed by atoms with Gasteiger partial charge in [-0.2, -0.15) is 9.41 Å². The van der Waals surface area contributed by atoms with E-state index in [-0.39, 0.29) is 11.4 Å². The molecule has 0 bridgehead atoms. The van der Waals surface area contributed by atoms with Crippen molar-refractivity contribution in [3.63, 3.8) is 0 Å². The first-order chi connectivity index (χ1) is 18.8. The van der Waals surface area contributed by atoms with Gasteiger partial charge in [-0.1, -0.05) is 83.9 Å². The van der Waals surface area contributed by atoms with Crippen molar-refractivity contribution in [2.75, 3.05) is 6.54 Å². The van der Waals surface area contributed by atoms with E-state index in [2.05, 4.69) is 10.5 Å². The summed E-state index contributed by atoms with van der Waals surface area (Å²) in [6.45, 7) is -0.169. The maximum absolute atomic E-state index is 13.4. The van der Waals surface area contributed by atoms with Crippen LogP contribution < -0.4 is 10.2 Å². The third-order valence-corrected chi connectivity index (χ3v) is 8.01. The molecule has 0 saturated carbocycles. The van der Waals surface area contributed by atoms with Crippen molar-refractivity contribution in [1.82, 2.24) is 9.73 Å². The Kier molecular flexibility index (Phi) is 9.73. The third-order valence-electron chi connectivity index (χ3n) is 5.59. The van der Waals surface area contributed by atoms with Gasteiger partial charge in [-0.25, -0.2) is 13.8 Å². The van der Waals surface area contributed by atoms with Gasteiger partial charge in [-0.05, 0) is 59.2 Å². The molecule has 0 saturated heterocycles. The average molecular weight is 583 g/mol. The highest BCUT2D eigenvalue weighted by Gasteiger charge is 2.27. The number of halogens is 2. The number of hydrazone groups is 1. The van der Waals surface area contributed by atoms with Gasteiger partial charge in [0.15, 0.2) is 0 Å². The third kappa shape index (κ3) is 8.15. The minimum atomic E-state index is -4.05. The number of carbonyl (C=O) groups excluding carboxylic acids is 1. The molecule has 1 N–H and O–H groups in total. The summed E-state index contributed by atoms with van der Waals surface area (Å²) >= 11 is 12.2. The van der Waals surface area contributed by atoms with Crippen LogP contribution in [0.3, 0.4) is 0 Å². The van der Waals surface area contributed by atoms with Crippen LogP contribution in [0.1, 0.15) is 16.7 Å². The van der Waals surface area contributed by atoms with E-state index >= 15 is 0 Å².